The van der Waals surface area contributed by atoms with Crippen molar-refractivity contribution < 1.29 is 8.83 Å². The van der Waals surface area contributed by atoms with Gasteiger partial charge in [-0.3, -0.25) is 0 Å². The van der Waals surface area contributed by atoms with Gasteiger partial charge >= 0.3 is 0 Å². The van der Waals surface area contributed by atoms with E-state index in [4.69, 9.17) is 23.8 Å². The van der Waals surface area contributed by atoms with Crippen LogP contribution in [0.2, 0.25) is 0 Å². The van der Waals surface area contributed by atoms with E-state index in [1.807, 2.05) is 66.7 Å². The Balaban J connectivity index is 1.35. The molecule has 5 heterocycles. The minimum absolute atomic E-state index is 0.490. The van der Waals surface area contributed by atoms with Crippen LogP contribution in [0.15, 0.2) is 100 Å². The van der Waals surface area contributed by atoms with Crippen molar-refractivity contribution >= 4 is 44.4 Å². The first-order chi connectivity index (χ1) is 18.8. The summed E-state index contributed by atoms with van der Waals surface area (Å²) >= 11 is 0. The molecule has 5 aromatic heterocycles. The van der Waals surface area contributed by atoms with Gasteiger partial charge in [-0.15, -0.1) is 0 Å². The van der Waals surface area contributed by atoms with E-state index in [2.05, 4.69) is 19.9 Å². The zero-order valence-corrected chi connectivity index (χ0v) is 19.6. The summed E-state index contributed by atoms with van der Waals surface area (Å²) in [5.74, 6) is 1.64. The van der Waals surface area contributed by atoms with E-state index in [9.17, 15) is 0 Å². The fraction of sp³-hybridized carbons (Fsp3) is 0. The highest BCUT2D eigenvalue weighted by Gasteiger charge is 2.17. The van der Waals surface area contributed by atoms with Gasteiger partial charge in [-0.2, -0.15) is 0 Å². The summed E-state index contributed by atoms with van der Waals surface area (Å²) in [6.07, 6.45) is 6.53. The summed E-state index contributed by atoms with van der Waals surface area (Å²) < 4.78 is 11.7. The van der Waals surface area contributed by atoms with Crippen LogP contribution in [0.5, 0.6) is 0 Å². The standard InChI is InChI=1S/C29H15N7O2/c1-2-4-16(5-3-1)25-34-26(17-6-8-21-19(14-17)23-28(37-21)32-12-10-30-23)36-27(35-25)18-7-9-22-20(15-18)24-29(38-22)33-13-11-31-24/h1-15H. The summed E-state index contributed by atoms with van der Waals surface area (Å²) in [6, 6.07) is 21.4. The van der Waals surface area contributed by atoms with Crippen molar-refractivity contribution in [1.29, 1.82) is 0 Å². The van der Waals surface area contributed by atoms with Gasteiger partial charge in [0.15, 0.2) is 17.5 Å². The summed E-state index contributed by atoms with van der Waals surface area (Å²) in [5.41, 5.74) is 6.28. The molecule has 0 bridgehead atoms. The van der Waals surface area contributed by atoms with E-state index in [1.165, 1.54) is 0 Å². The number of furan rings is 2. The van der Waals surface area contributed by atoms with Gasteiger partial charge in [0.25, 0.3) is 0 Å². The highest BCUT2D eigenvalue weighted by Crippen LogP contribution is 2.33. The van der Waals surface area contributed by atoms with Crippen LogP contribution in [-0.4, -0.2) is 34.9 Å². The quantitative estimate of drug-likeness (QED) is 0.281. The zero-order chi connectivity index (χ0) is 25.1. The van der Waals surface area contributed by atoms with Crippen molar-refractivity contribution in [2.24, 2.45) is 0 Å². The molecule has 0 aliphatic heterocycles. The molecule has 0 unspecified atom stereocenters. The first kappa shape index (κ1) is 20.6. The predicted octanol–water partition coefficient (Wildman–Crippen LogP) is 6.25. The van der Waals surface area contributed by atoms with E-state index in [1.54, 1.807) is 24.8 Å². The lowest BCUT2D eigenvalue weighted by Gasteiger charge is -2.08. The summed E-state index contributed by atoms with van der Waals surface area (Å²) in [4.78, 5) is 32.0. The molecule has 9 heteroatoms. The lowest BCUT2D eigenvalue weighted by molar-refractivity contribution is 0.652. The Morgan fingerprint density at radius 2 is 0.921 bits per heavy atom. The third-order valence-electron chi connectivity index (χ3n) is 6.40. The SMILES string of the molecule is c1ccc(-c2nc(-c3ccc4oc5nccnc5c4c3)nc(-c3ccc4oc5nccnc5c4c3)n2)cc1. The molecule has 0 saturated carbocycles. The Morgan fingerprint density at radius 3 is 1.45 bits per heavy atom. The van der Waals surface area contributed by atoms with Crippen molar-refractivity contribution in [3.8, 4) is 34.2 Å². The Kier molecular flexibility index (Phi) is 4.32. The van der Waals surface area contributed by atoms with Crippen molar-refractivity contribution in [1.82, 2.24) is 34.9 Å². The summed E-state index contributed by atoms with van der Waals surface area (Å²) in [5, 5.41) is 1.69. The molecule has 8 aromatic rings. The molecule has 0 aliphatic carbocycles. The average Bonchev–Trinajstić information content (AvgIpc) is 3.55. The predicted molar refractivity (Wildman–Crippen MR) is 142 cm³/mol. The van der Waals surface area contributed by atoms with Crippen LogP contribution in [-0.2, 0) is 0 Å². The summed E-state index contributed by atoms with van der Waals surface area (Å²) in [7, 11) is 0. The maximum atomic E-state index is 5.85. The molecule has 8 rings (SSSR count). The van der Waals surface area contributed by atoms with Crippen LogP contribution in [0, 0.1) is 0 Å². The van der Waals surface area contributed by atoms with Crippen molar-refractivity contribution in [3.63, 3.8) is 0 Å². The second-order valence-electron chi connectivity index (χ2n) is 8.72. The summed E-state index contributed by atoms with van der Waals surface area (Å²) in [6.45, 7) is 0. The fourth-order valence-electron chi connectivity index (χ4n) is 4.61. The smallest absolute Gasteiger partial charge is 0.246 e. The van der Waals surface area contributed by atoms with Gasteiger partial charge in [0.05, 0.1) is 0 Å². The molecule has 9 nitrogen and oxygen atoms in total. The molecule has 0 spiro atoms. The molecule has 0 aliphatic rings. The van der Waals surface area contributed by atoms with Crippen molar-refractivity contribution in [3.05, 3.63) is 91.5 Å². The van der Waals surface area contributed by atoms with Crippen LogP contribution >= 0.6 is 0 Å². The fourth-order valence-corrected chi connectivity index (χ4v) is 4.61. The van der Waals surface area contributed by atoms with Gasteiger partial charge in [0.1, 0.15) is 22.2 Å². The monoisotopic (exact) mass is 493 g/mol. The zero-order valence-electron chi connectivity index (χ0n) is 19.6. The third kappa shape index (κ3) is 3.22. The second kappa shape index (κ2) is 7.97. The number of aromatic nitrogens is 7. The van der Waals surface area contributed by atoms with Crippen LogP contribution < -0.4 is 0 Å². The minimum Gasteiger partial charge on any atom is -0.436 e. The number of rotatable bonds is 3. The Hall–Kier alpha value is -5.57. The lowest BCUT2D eigenvalue weighted by Crippen LogP contribution is -2.00. The molecule has 0 amide bonds. The Bertz CT molecular complexity index is 2020. The number of nitrogens with zero attached hydrogens (tertiary/aromatic N) is 7. The van der Waals surface area contributed by atoms with Crippen LogP contribution in [0.4, 0.5) is 0 Å². The van der Waals surface area contributed by atoms with E-state index in [0.29, 0.717) is 51.1 Å². The normalized spacial score (nSPS) is 11.7. The average molecular weight is 493 g/mol. The van der Waals surface area contributed by atoms with Crippen molar-refractivity contribution in [2.45, 2.75) is 0 Å². The van der Waals surface area contributed by atoms with Gasteiger partial charge in [-0.25, -0.2) is 34.9 Å². The number of benzene rings is 3. The number of hydrogen-bond acceptors (Lipinski definition) is 9. The topological polar surface area (TPSA) is 117 Å². The first-order valence-corrected chi connectivity index (χ1v) is 11.9. The third-order valence-corrected chi connectivity index (χ3v) is 6.40. The molecule has 38 heavy (non-hydrogen) atoms. The Labute approximate surface area is 213 Å². The number of hydrogen-bond donors (Lipinski definition) is 0. The maximum Gasteiger partial charge on any atom is 0.246 e. The largest absolute Gasteiger partial charge is 0.436 e. The Morgan fingerprint density at radius 1 is 0.447 bits per heavy atom. The number of fused-ring (bicyclic) bond motifs is 6. The lowest BCUT2D eigenvalue weighted by atomic mass is 10.1. The van der Waals surface area contributed by atoms with Gasteiger partial charge in [0, 0.05) is 52.3 Å². The van der Waals surface area contributed by atoms with Crippen LogP contribution in [0.1, 0.15) is 0 Å². The van der Waals surface area contributed by atoms with Gasteiger partial charge < -0.3 is 8.83 Å². The van der Waals surface area contributed by atoms with Crippen LogP contribution in [0.3, 0.4) is 0 Å². The highest BCUT2D eigenvalue weighted by molar-refractivity contribution is 6.03. The molecule has 3 aromatic carbocycles. The molecular weight excluding hydrogens is 478 g/mol. The van der Waals surface area contributed by atoms with E-state index in [0.717, 1.165) is 27.5 Å². The van der Waals surface area contributed by atoms with E-state index in [-0.39, 0.29) is 0 Å². The van der Waals surface area contributed by atoms with E-state index >= 15 is 0 Å². The van der Waals surface area contributed by atoms with Gasteiger partial charge in [0.2, 0.25) is 11.4 Å². The van der Waals surface area contributed by atoms with E-state index < -0.39 is 0 Å². The molecule has 0 radical (unpaired) electrons. The van der Waals surface area contributed by atoms with Gasteiger partial charge in [-0.05, 0) is 36.4 Å². The van der Waals surface area contributed by atoms with Gasteiger partial charge in [-0.1, -0.05) is 30.3 Å². The molecule has 178 valence electrons. The molecule has 0 saturated heterocycles. The molecule has 0 fully saturated rings. The van der Waals surface area contributed by atoms with Crippen LogP contribution in [0.25, 0.3) is 78.6 Å². The molecular formula is C29H15N7O2. The maximum absolute atomic E-state index is 5.85. The highest BCUT2D eigenvalue weighted by atomic mass is 16.3. The minimum atomic E-state index is 0.490. The van der Waals surface area contributed by atoms with Crippen molar-refractivity contribution in [2.75, 3.05) is 0 Å². The second-order valence-corrected chi connectivity index (χ2v) is 8.72. The molecule has 0 atom stereocenters. The first-order valence-electron chi connectivity index (χ1n) is 11.9. The molecule has 0 N–H and O–H groups in total.